The van der Waals surface area contributed by atoms with E-state index in [1.165, 1.54) is 17.7 Å². The molecule has 22 heavy (non-hydrogen) atoms. The van der Waals surface area contributed by atoms with Crippen LogP contribution in [0.25, 0.3) is 10.9 Å². The molecule has 0 amide bonds. The molecular formula is C18H18FN3. The average Bonchev–Trinajstić information content (AvgIpc) is 2.53. The number of pyridine rings is 1. The summed E-state index contributed by atoms with van der Waals surface area (Å²) in [5, 5.41) is 1.08. The highest BCUT2D eigenvalue weighted by Crippen LogP contribution is 2.26. The summed E-state index contributed by atoms with van der Waals surface area (Å²) in [7, 11) is 0. The molecule has 2 aromatic carbocycles. The van der Waals surface area contributed by atoms with Crippen LogP contribution in [0, 0.1) is 19.7 Å². The van der Waals surface area contributed by atoms with E-state index in [2.05, 4.69) is 42.5 Å². The lowest BCUT2D eigenvalue weighted by atomic mass is 10.0. The van der Waals surface area contributed by atoms with E-state index in [1.54, 1.807) is 12.1 Å². The second-order valence-corrected chi connectivity index (χ2v) is 5.52. The summed E-state index contributed by atoms with van der Waals surface area (Å²) in [6, 6.07) is 12.7. The van der Waals surface area contributed by atoms with Gasteiger partial charge in [-0.3, -0.25) is 0 Å². The summed E-state index contributed by atoms with van der Waals surface area (Å²) in [5.74, 6) is 6.06. The van der Waals surface area contributed by atoms with Crippen LogP contribution in [0.5, 0.6) is 0 Å². The maximum Gasteiger partial charge on any atom is 0.144 e. The highest BCUT2D eigenvalue weighted by atomic mass is 19.1. The van der Waals surface area contributed by atoms with Crippen LogP contribution in [0.15, 0.2) is 42.5 Å². The Bertz CT molecular complexity index is 826. The fourth-order valence-electron chi connectivity index (χ4n) is 2.61. The third-order valence-corrected chi connectivity index (χ3v) is 4.04. The van der Waals surface area contributed by atoms with Gasteiger partial charge in [0, 0.05) is 17.4 Å². The Morgan fingerprint density at radius 2 is 1.82 bits per heavy atom. The standard InChI is InChI=1S/C18H18FN3/c1-11-3-6-14-10-15(9-13-4-7-16(19)8-5-13)18(22-20)21-17(14)12(11)2/h3-8,10H,9,20H2,1-2H3,(H,21,22). The largest absolute Gasteiger partial charge is 0.308 e. The molecule has 3 aromatic rings. The summed E-state index contributed by atoms with van der Waals surface area (Å²) in [4.78, 5) is 4.66. The number of nitrogens with two attached hydrogens (primary N) is 1. The van der Waals surface area contributed by atoms with Crippen LogP contribution in [0.4, 0.5) is 10.2 Å². The van der Waals surface area contributed by atoms with E-state index in [-0.39, 0.29) is 5.82 Å². The van der Waals surface area contributed by atoms with Crippen molar-refractivity contribution in [3.63, 3.8) is 0 Å². The van der Waals surface area contributed by atoms with E-state index < -0.39 is 0 Å². The van der Waals surface area contributed by atoms with E-state index in [9.17, 15) is 4.39 Å². The third-order valence-electron chi connectivity index (χ3n) is 4.04. The van der Waals surface area contributed by atoms with Crippen LogP contribution >= 0.6 is 0 Å². The Balaban J connectivity index is 2.08. The predicted octanol–water partition coefficient (Wildman–Crippen LogP) is 3.87. The number of aromatic nitrogens is 1. The number of benzene rings is 2. The van der Waals surface area contributed by atoms with Crippen molar-refractivity contribution in [3.05, 3.63) is 70.5 Å². The first-order valence-electron chi connectivity index (χ1n) is 7.19. The smallest absolute Gasteiger partial charge is 0.144 e. The fraction of sp³-hybridized carbons (Fsp3) is 0.167. The summed E-state index contributed by atoms with van der Waals surface area (Å²) in [6.07, 6.45) is 0.648. The van der Waals surface area contributed by atoms with E-state index in [0.717, 1.165) is 27.6 Å². The number of hydrogen-bond acceptors (Lipinski definition) is 3. The normalized spacial score (nSPS) is 10.9. The molecule has 0 bridgehead atoms. The maximum absolute atomic E-state index is 13.0. The number of aryl methyl sites for hydroxylation is 2. The van der Waals surface area contributed by atoms with Gasteiger partial charge in [0.05, 0.1) is 5.52 Å². The molecule has 0 spiro atoms. The zero-order valence-electron chi connectivity index (χ0n) is 12.7. The van der Waals surface area contributed by atoms with Gasteiger partial charge < -0.3 is 5.43 Å². The lowest BCUT2D eigenvalue weighted by Gasteiger charge is -2.12. The molecule has 0 saturated carbocycles. The fourth-order valence-corrected chi connectivity index (χ4v) is 2.61. The van der Waals surface area contributed by atoms with E-state index in [4.69, 9.17) is 5.84 Å². The number of anilines is 1. The van der Waals surface area contributed by atoms with Crippen LogP contribution < -0.4 is 11.3 Å². The van der Waals surface area contributed by atoms with Crippen molar-refractivity contribution in [3.8, 4) is 0 Å². The molecule has 0 unspecified atom stereocenters. The molecule has 4 heteroatoms. The molecule has 112 valence electrons. The van der Waals surface area contributed by atoms with Gasteiger partial charge in [0.2, 0.25) is 0 Å². The van der Waals surface area contributed by atoms with Gasteiger partial charge in [0.15, 0.2) is 0 Å². The van der Waals surface area contributed by atoms with E-state index >= 15 is 0 Å². The number of halogens is 1. The first-order chi connectivity index (χ1) is 10.6. The van der Waals surface area contributed by atoms with Crippen molar-refractivity contribution in [1.29, 1.82) is 0 Å². The summed E-state index contributed by atoms with van der Waals surface area (Å²) in [5.41, 5.74) is 8.00. The van der Waals surface area contributed by atoms with Crippen molar-refractivity contribution in [2.24, 2.45) is 5.84 Å². The van der Waals surface area contributed by atoms with Crippen molar-refractivity contribution < 1.29 is 4.39 Å². The molecule has 0 atom stereocenters. The highest BCUT2D eigenvalue weighted by molar-refractivity contribution is 5.85. The average molecular weight is 295 g/mol. The van der Waals surface area contributed by atoms with Crippen molar-refractivity contribution in [2.45, 2.75) is 20.3 Å². The van der Waals surface area contributed by atoms with Gasteiger partial charge in [0.1, 0.15) is 11.6 Å². The molecule has 0 saturated heterocycles. The van der Waals surface area contributed by atoms with Crippen molar-refractivity contribution >= 4 is 16.7 Å². The van der Waals surface area contributed by atoms with E-state index in [1.807, 2.05) is 0 Å². The van der Waals surface area contributed by atoms with Crippen molar-refractivity contribution in [1.82, 2.24) is 4.98 Å². The number of hydrogen-bond donors (Lipinski definition) is 2. The lowest BCUT2D eigenvalue weighted by molar-refractivity contribution is 0.627. The minimum atomic E-state index is -0.233. The van der Waals surface area contributed by atoms with Crippen LogP contribution in [-0.2, 0) is 6.42 Å². The monoisotopic (exact) mass is 295 g/mol. The Hall–Kier alpha value is -2.46. The molecule has 1 aromatic heterocycles. The van der Waals surface area contributed by atoms with Gasteiger partial charge in [0.25, 0.3) is 0 Å². The molecular weight excluding hydrogens is 277 g/mol. The summed E-state index contributed by atoms with van der Waals surface area (Å²) in [6.45, 7) is 4.13. The minimum absolute atomic E-state index is 0.233. The Labute approximate surface area is 129 Å². The van der Waals surface area contributed by atoms with E-state index in [0.29, 0.717) is 12.2 Å². The van der Waals surface area contributed by atoms with Gasteiger partial charge in [-0.15, -0.1) is 0 Å². The van der Waals surface area contributed by atoms with Gasteiger partial charge >= 0.3 is 0 Å². The molecule has 0 radical (unpaired) electrons. The predicted molar refractivity (Wildman–Crippen MR) is 88.2 cm³/mol. The SMILES string of the molecule is Cc1ccc2cc(Cc3ccc(F)cc3)c(NN)nc2c1C. The second kappa shape index (κ2) is 5.73. The maximum atomic E-state index is 13.0. The summed E-state index contributed by atoms with van der Waals surface area (Å²) < 4.78 is 13.0. The number of nitrogen functional groups attached to an aromatic ring is 1. The highest BCUT2D eigenvalue weighted by Gasteiger charge is 2.10. The minimum Gasteiger partial charge on any atom is -0.308 e. The molecule has 0 aliphatic heterocycles. The molecule has 3 rings (SSSR count). The van der Waals surface area contributed by atoms with Crippen LogP contribution in [-0.4, -0.2) is 4.98 Å². The Morgan fingerprint density at radius 3 is 2.50 bits per heavy atom. The summed E-state index contributed by atoms with van der Waals surface area (Å²) >= 11 is 0. The topological polar surface area (TPSA) is 50.9 Å². The third kappa shape index (κ3) is 2.65. The van der Waals surface area contributed by atoms with Gasteiger partial charge in [-0.2, -0.15) is 0 Å². The molecule has 1 heterocycles. The number of fused-ring (bicyclic) bond motifs is 1. The Kier molecular flexibility index (Phi) is 3.77. The van der Waals surface area contributed by atoms with Crippen molar-refractivity contribution in [2.75, 3.05) is 5.43 Å². The van der Waals surface area contributed by atoms with Crippen LogP contribution in [0.1, 0.15) is 22.3 Å². The molecule has 3 N–H and O–H groups in total. The molecule has 3 nitrogen and oxygen atoms in total. The zero-order valence-corrected chi connectivity index (χ0v) is 12.7. The number of nitrogens with one attached hydrogen (secondary N) is 1. The molecule has 0 aliphatic rings. The van der Waals surface area contributed by atoms with Crippen LogP contribution in [0.3, 0.4) is 0 Å². The molecule has 0 aliphatic carbocycles. The molecule has 0 fully saturated rings. The second-order valence-electron chi connectivity index (χ2n) is 5.52. The first kappa shape index (κ1) is 14.5. The first-order valence-corrected chi connectivity index (χ1v) is 7.19. The van der Waals surface area contributed by atoms with Gasteiger partial charge in [-0.05, 0) is 48.7 Å². The quantitative estimate of drug-likeness (QED) is 0.569. The number of rotatable bonds is 3. The van der Waals surface area contributed by atoms with Gasteiger partial charge in [-0.25, -0.2) is 15.2 Å². The number of hydrazine groups is 1. The van der Waals surface area contributed by atoms with Gasteiger partial charge in [-0.1, -0.05) is 24.3 Å². The number of nitrogens with zero attached hydrogens (tertiary/aromatic N) is 1. The zero-order chi connectivity index (χ0) is 15.7. The van der Waals surface area contributed by atoms with Crippen LogP contribution in [0.2, 0.25) is 0 Å². The lowest BCUT2D eigenvalue weighted by Crippen LogP contribution is -2.12. The Morgan fingerprint density at radius 1 is 1.09 bits per heavy atom.